The van der Waals surface area contributed by atoms with Crippen molar-refractivity contribution in [3.05, 3.63) is 35.4 Å². The first-order chi connectivity index (χ1) is 15.3. The van der Waals surface area contributed by atoms with E-state index in [1.165, 1.54) is 4.90 Å². The Morgan fingerprint density at radius 1 is 1.09 bits per heavy atom. The average Bonchev–Trinajstić information content (AvgIpc) is 2.69. The summed E-state index contributed by atoms with van der Waals surface area (Å²) in [6.45, 7) is 11.9. The molecule has 1 aromatic rings. The van der Waals surface area contributed by atoms with Crippen molar-refractivity contribution in [2.75, 3.05) is 13.2 Å². The molecule has 0 aromatic heterocycles. The van der Waals surface area contributed by atoms with Gasteiger partial charge in [-0.1, -0.05) is 31.9 Å². The molecule has 182 valence electrons. The van der Waals surface area contributed by atoms with Crippen LogP contribution in [0.2, 0.25) is 0 Å². The van der Waals surface area contributed by atoms with Crippen LogP contribution in [0.3, 0.4) is 0 Å². The van der Waals surface area contributed by atoms with Crippen molar-refractivity contribution in [3.63, 3.8) is 0 Å². The molecule has 1 rings (SSSR count). The number of aliphatic hydroxyl groups is 1. The monoisotopic (exact) mass is 459 g/mol. The smallest absolute Gasteiger partial charge is 0.408 e. The zero-order chi connectivity index (χ0) is 25.3. The van der Waals surface area contributed by atoms with Gasteiger partial charge < -0.3 is 25.4 Å². The summed E-state index contributed by atoms with van der Waals surface area (Å²) < 4.78 is 5.31. The van der Waals surface area contributed by atoms with E-state index in [9.17, 15) is 19.5 Å². The van der Waals surface area contributed by atoms with Crippen LogP contribution < -0.4 is 10.6 Å². The first-order valence-electron chi connectivity index (χ1n) is 11.1. The minimum Gasteiger partial charge on any atom is -0.444 e. The van der Waals surface area contributed by atoms with Crippen molar-refractivity contribution in [3.8, 4) is 12.3 Å². The number of rotatable bonds is 9. The normalized spacial score (nSPS) is 13.1. The van der Waals surface area contributed by atoms with Crippen LogP contribution in [-0.4, -0.2) is 58.8 Å². The molecular formula is C25H37N3O5. The molecule has 1 aromatic carbocycles. The molecule has 2 unspecified atom stereocenters. The third-order valence-electron chi connectivity index (χ3n) is 4.61. The fourth-order valence-electron chi connectivity index (χ4n) is 3.20. The first-order valence-corrected chi connectivity index (χ1v) is 11.1. The van der Waals surface area contributed by atoms with Crippen LogP contribution in [0.25, 0.3) is 0 Å². The van der Waals surface area contributed by atoms with Crippen molar-refractivity contribution in [2.24, 2.45) is 5.92 Å². The van der Waals surface area contributed by atoms with E-state index in [2.05, 4.69) is 16.6 Å². The Kier molecular flexibility index (Phi) is 10.4. The van der Waals surface area contributed by atoms with E-state index in [0.29, 0.717) is 11.1 Å². The van der Waals surface area contributed by atoms with E-state index in [1.807, 2.05) is 13.8 Å². The molecule has 33 heavy (non-hydrogen) atoms. The van der Waals surface area contributed by atoms with Gasteiger partial charge in [0.2, 0.25) is 11.8 Å². The third kappa shape index (κ3) is 8.78. The molecule has 3 amide bonds. The van der Waals surface area contributed by atoms with E-state index in [-0.39, 0.29) is 25.1 Å². The van der Waals surface area contributed by atoms with Crippen molar-refractivity contribution >= 4 is 17.9 Å². The molecule has 0 bridgehead atoms. The van der Waals surface area contributed by atoms with Gasteiger partial charge in [-0.15, -0.1) is 6.42 Å². The summed E-state index contributed by atoms with van der Waals surface area (Å²) in [5.41, 5.74) is 0.430. The maximum Gasteiger partial charge on any atom is 0.408 e. The topological polar surface area (TPSA) is 108 Å². The minimum absolute atomic E-state index is 0.106. The molecule has 2 atom stereocenters. The van der Waals surface area contributed by atoms with Crippen LogP contribution in [0.5, 0.6) is 0 Å². The highest BCUT2D eigenvalue weighted by molar-refractivity contribution is 5.92. The van der Waals surface area contributed by atoms with Gasteiger partial charge in [0.1, 0.15) is 17.7 Å². The molecule has 8 heteroatoms. The molecule has 3 N–H and O–H groups in total. The number of amides is 3. The molecule has 8 nitrogen and oxygen atoms in total. The van der Waals surface area contributed by atoms with Crippen LogP contribution >= 0.6 is 0 Å². The second-order valence-corrected chi connectivity index (χ2v) is 9.46. The highest BCUT2D eigenvalue weighted by atomic mass is 16.6. The second kappa shape index (κ2) is 12.3. The molecule has 0 fully saturated rings. The number of hydrogen-bond donors (Lipinski definition) is 3. The van der Waals surface area contributed by atoms with E-state index < -0.39 is 35.6 Å². The summed E-state index contributed by atoms with van der Waals surface area (Å²) in [7, 11) is 0. The zero-order valence-corrected chi connectivity index (χ0v) is 20.6. The Bertz CT molecular complexity index is 850. The van der Waals surface area contributed by atoms with Crippen LogP contribution in [0.15, 0.2) is 24.3 Å². The van der Waals surface area contributed by atoms with E-state index >= 15 is 0 Å². The molecule has 0 heterocycles. The summed E-state index contributed by atoms with van der Waals surface area (Å²) in [5, 5.41) is 15.2. The Balaban J connectivity index is 3.40. The Morgan fingerprint density at radius 2 is 1.67 bits per heavy atom. The van der Waals surface area contributed by atoms with Gasteiger partial charge in [-0.2, -0.15) is 0 Å². The van der Waals surface area contributed by atoms with Gasteiger partial charge in [-0.25, -0.2) is 4.79 Å². The molecule has 0 aliphatic carbocycles. The quantitative estimate of drug-likeness (QED) is 0.492. The van der Waals surface area contributed by atoms with Gasteiger partial charge in [-0.05, 0) is 58.2 Å². The lowest BCUT2D eigenvalue weighted by atomic mass is 9.98. The largest absolute Gasteiger partial charge is 0.444 e. The minimum atomic E-state index is -1.03. The highest BCUT2D eigenvalue weighted by Gasteiger charge is 2.37. The Labute approximate surface area is 197 Å². The number of ether oxygens (including phenoxy) is 1. The van der Waals surface area contributed by atoms with Crippen LogP contribution in [0.4, 0.5) is 4.79 Å². The third-order valence-corrected chi connectivity index (χ3v) is 4.61. The molecule has 0 aliphatic heterocycles. The van der Waals surface area contributed by atoms with Gasteiger partial charge in [0.25, 0.3) is 0 Å². The number of aliphatic hydroxyl groups excluding tert-OH is 1. The number of alkyl carbamates (subject to hydrolysis) is 1. The number of terminal acetylenes is 1. The lowest BCUT2D eigenvalue weighted by Crippen LogP contribution is -2.55. The number of carbonyl (C=O) groups is 3. The summed E-state index contributed by atoms with van der Waals surface area (Å²) >= 11 is 0. The van der Waals surface area contributed by atoms with Crippen LogP contribution in [0.1, 0.15) is 65.6 Å². The maximum absolute atomic E-state index is 13.6. The average molecular weight is 460 g/mol. The fraction of sp³-hybridized carbons (Fsp3) is 0.560. The SMILES string of the molecule is C#Cc1ccc(C(C(=O)NC(C)C)N(CCO)C(=O)C(NC(=O)OC(C)(C)C)C(C)C)cc1. The number of carbonyl (C=O) groups excluding carboxylic acids is 3. The molecule has 0 spiro atoms. The standard InChI is InChI=1S/C25H37N3O5/c1-9-18-10-12-19(13-11-18)21(22(30)26-17(4)5)28(14-15-29)23(31)20(16(2)3)27-24(32)33-25(6,7)8/h1,10-13,16-17,20-21,29H,14-15H2,2-8H3,(H,26,30)(H,27,32). The molecule has 0 saturated carbocycles. The Morgan fingerprint density at radius 3 is 2.09 bits per heavy atom. The molecular weight excluding hydrogens is 422 g/mol. The first kappa shape index (κ1) is 28.0. The van der Waals surface area contributed by atoms with E-state index in [1.54, 1.807) is 58.9 Å². The van der Waals surface area contributed by atoms with Crippen LogP contribution in [0, 0.1) is 18.3 Å². The summed E-state index contributed by atoms with van der Waals surface area (Å²) in [5.74, 6) is 1.31. The van der Waals surface area contributed by atoms with Crippen molar-refractivity contribution in [1.82, 2.24) is 15.5 Å². The lowest BCUT2D eigenvalue weighted by Gasteiger charge is -2.35. The summed E-state index contributed by atoms with van der Waals surface area (Å²) in [6, 6.07) is 4.58. The van der Waals surface area contributed by atoms with Crippen molar-refractivity contribution in [1.29, 1.82) is 0 Å². The number of nitrogens with zero attached hydrogens (tertiary/aromatic N) is 1. The Hall–Kier alpha value is -3.05. The summed E-state index contributed by atoms with van der Waals surface area (Å²) in [4.78, 5) is 40.5. The van der Waals surface area contributed by atoms with E-state index in [4.69, 9.17) is 11.2 Å². The number of hydrogen-bond acceptors (Lipinski definition) is 5. The summed E-state index contributed by atoms with van der Waals surface area (Å²) in [6.07, 6.45) is 4.71. The molecule has 0 aliphatic rings. The van der Waals surface area contributed by atoms with Gasteiger partial charge in [0, 0.05) is 18.2 Å². The van der Waals surface area contributed by atoms with Crippen molar-refractivity contribution in [2.45, 2.75) is 72.2 Å². The van der Waals surface area contributed by atoms with Gasteiger partial charge in [-0.3, -0.25) is 9.59 Å². The predicted octanol–water partition coefficient (Wildman–Crippen LogP) is 2.60. The predicted molar refractivity (Wildman–Crippen MR) is 127 cm³/mol. The van der Waals surface area contributed by atoms with Gasteiger partial charge >= 0.3 is 6.09 Å². The number of nitrogens with one attached hydrogen (secondary N) is 2. The lowest BCUT2D eigenvalue weighted by molar-refractivity contribution is -0.144. The van der Waals surface area contributed by atoms with Crippen molar-refractivity contribution < 1.29 is 24.2 Å². The second-order valence-electron chi connectivity index (χ2n) is 9.46. The highest BCUT2D eigenvalue weighted by Crippen LogP contribution is 2.24. The molecule has 0 radical (unpaired) electrons. The fourth-order valence-corrected chi connectivity index (χ4v) is 3.20. The maximum atomic E-state index is 13.6. The van der Waals surface area contributed by atoms with E-state index in [0.717, 1.165) is 0 Å². The number of benzene rings is 1. The van der Waals surface area contributed by atoms with Gasteiger partial charge in [0.15, 0.2) is 0 Å². The molecule has 0 saturated heterocycles. The zero-order valence-electron chi connectivity index (χ0n) is 20.6. The van der Waals surface area contributed by atoms with Gasteiger partial charge in [0.05, 0.1) is 6.61 Å². The van der Waals surface area contributed by atoms with Crippen LogP contribution in [-0.2, 0) is 14.3 Å².